The van der Waals surface area contributed by atoms with Gasteiger partial charge in [0, 0.05) is 41.0 Å². The van der Waals surface area contributed by atoms with E-state index in [4.69, 9.17) is 15.7 Å². The summed E-state index contributed by atoms with van der Waals surface area (Å²) in [5.74, 6) is -0.976. The van der Waals surface area contributed by atoms with Gasteiger partial charge in [-0.25, -0.2) is 14.4 Å². The molecule has 1 amide bonds. The molecular formula is C23H15FN6O. The number of carbonyl (C=O) groups excluding carboxylic acids is 1. The maximum absolute atomic E-state index is 14.6. The molecule has 0 fully saturated rings. The molecule has 0 radical (unpaired) electrons. The molecule has 0 unspecified atom stereocenters. The summed E-state index contributed by atoms with van der Waals surface area (Å²) in [5, 5.41) is 0. The van der Waals surface area contributed by atoms with E-state index < -0.39 is 11.7 Å². The summed E-state index contributed by atoms with van der Waals surface area (Å²) < 4.78 is 14.6. The lowest BCUT2D eigenvalue weighted by Gasteiger charge is -2.09. The molecule has 4 aromatic heterocycles. The van der Waals surface area contributed by atoms with Crippen LogP contribution in [0.5, 0.6) is 0 Å². The molecule has 1 aromatic carbocycles. The normalized spacial score (nSPS) is 11.0. The van der Waals surface area contributed by atoms with E-state index in [9.17, 15) is 9.18 Å². The summed E-state index contributed by atoms with van der Waals surface area (Å²) in [4.78, 5) is 32.0. The summed E-state index contributed by atoms with van der Waals surface area (Å²) in [6, 6.07) is 13.9. The third kappa shape index (κ3) is 3.40. The summed E-state index contributed by atoms with van der Waals surface area (Å²) in [6.45, 7) is 0. The number of primary amides is 1. The predicted molar refractivity (Wildman–Crippen MR) is 114 cm³/mol. The highest BCUT2D eigenvalue weighted by molar-refractivity contribution is 5.93. The number of benzene rings is 1. The zero-order chi connectivity index (χ0) is 21.4. The monoisotopic (exact) mass is 410 g/mol. The van der Waals surface area contributed by atoms with E-state index in [1.54, 1.807) is 48.8 Å². The van der Waals surface area contributed by atoms with Gasteiger partial charge in [-0.2, -0.15) is 0 Å². The second-order valence-electron chi connectivity index (χ2n) is 6.88. The number of H-pyrrole nitrogens is 1. The number of carbonyl (C=O) groups is 1. The van der Waals surface area contributed by atoms with Gasteiger partial charge in [-0.1, -0.05) is 12.1 Å². The van der Waals surface area contributed by atoms with Crippen LogP contribution in [0, 0.1) is 5.82 Å². The number of rotatable bonds is 4. The van der Waals surface area contributed by atoms with E-state index in [0.29, 0.717) is 39.2 Å². The Balaban J connectivity index is 1.70. The van der Waals surface area contributed by atoms with Crippen LogP contribution in [0.25, 0.3) is 44.9 Å². The third-order valence-corrected chi connectivity index (χ3v) is 4.90. The topological polar surface area (TPSA) is 110 Å². The van der Waals surface area contributed by atoms with E-state index in [2.05, 4.69) is 15.0 Å². The van der Waals surface area contributed by atoms with Crippen molar-refractivity contribution in [1.29, 1.82) is 0 Å². The molecule has 150 valence electrons. The van der Waals surface area contributed by atoms with E-state index in [-0.39, 0.29) is 0 Å². The minimum atomic E-state index is -0.489. The van der Waals surface area contributed by atoms with Crippen molar-refractivity contribution in [2.24, 2.45) is 5.73 Å². The second kappa shape index (κ2) is 7.42. The first kappa shape index (κ1) is 18.6. The van der Waals surface area contributed by atoms with Gasteiger partial charge in [-0.3, -0.25) is 14.8 Å². The molecule has 0 bridgehead atoms. The number of nitrogens with zero attached hydrogens (tertiary/aromatic N) is 4. The van der Waals surface area contributed by atoms with Crippen molar-refractivity contribution in [2.45, 2.75) is 0 Å². The van der Waals surface area contributed by atoms with Gasteiger partial charge in [-0.05, 0) is 42.0 Å². The molecule has 0 aliphatic carbocycles. The molecule has 3 N–H and O–H groups in total. The van der Waals surface area contributed by atoms with Crippen molar-refractivity contribution in [2.75, 3.05) is 0 Å². The van der Waals surface area contributed by atoms with Crippen molar-refractivity contribution in [3.8, 4) is 33.8 Å². The number of nitrogens with one attached hydrogen (secondary N) is 1. The van der Waals surface area contributed by atoms with Crippen LogP contribution in [0.3, 0.4) is 0 Å². The molecule has 0 spiro atoms. The predicted octanol–water partition coefficient (Wildman–Crippen LogP) is 3.99. The van der Waals surface area contributed by atoms with Crippen LogP contribution >= 0.6 is 0 Å². The molecule has 4 heterocycles. The zero-order valence-corrected chi connectivity index (χ0v) is 16.1. The van der Waals surface area contributed by atoms with Crippen molar-refractivity contribution >= 4 is 17.1 Å². The number of hydrogen-bond acceptors (Lipinski definition) is 5. The standard InChI is InChI=1S/C23H15FN6O/c24-17-12-27-9-7-16(17)21-20(15-2-1-8-26-11-15)30-23-19(28-21)10-18(29-23)13-3-5-14(6-4-13)22(25)31/h1-12H,(H2,25,31)(H,29,30). The lowest BCUT2D eigenvalue weighted by molar-refractivity contribution is 0.100. The number of fused-ring (bicyclic) bond motifs is 1. The molecule has 0 aliphatic heterocycles. The summed E-state index contributed by atoms with van der Waals surface area (Å²) >= 11 is 0. The van der Waals surface area contributed by atoms with E-state index in [1.807, 2.05) is 12.1 Å². The molecule has 5 rings (SSSR count). The van der Waals surface area contributed by atoms with Crippen LogP contribution < -0.4 is 5.73 Å². The average Bonchev–Trinajstić information content (AvgIpc) is 3.22. The number of pyridine rings is 2. The Labute approximate surface area is 175 Å². The van der Waals surface area contributed by atoms with E-state index in [1.165, 1.54) is 6.20 Å². The Morgan fingerprint density at radius 1 is 0.903 bits per heavy atom. The number of hydrogen-bond donors (Lipinski definition) is 2. The Bertz CT molecular complexity index is 1410. The fourth-order valence-corrected chi connectivity index (χ4v) is 3.37. The Kier molecular flexibility index (Phi) is 4.44. The van der Waals surface area contributed by atoms with Gasteiger partial charge in [0.15, 0.2) is 11.5 Å². The van der Waals surface area contributed by atoms with Gasteiger partial charge in [0.25, 0.3) is 0 Å². The van der Waals surface area contributed by atoms with E-state index >= 15 is 0 Å². The maximum atomic E-state index is 14.6. The second-order valence-corrected chi connectivity index (χ2v) is 6.88. The highest BCUT2D eigenvalue weighted by Crippen LogP contribution is 2.33. The summed E-state index contributed by atoms with van der Waals surface area (Å²) in [6.07, 6.45) is 5.98. The smallest absolute Gasteiger partial charge is 0.248 e. The lowest BCUT2D eigenvalue weighted by Crippen LogP contribution is -2.10. The van der Waals surface area contributed by atoms with Gasteiger partial charge < -0.3 is 10.7 Å². The van der Waals surface area contributed by atoms with Crippen LogP contribution in [0.1, 0.15) is 10.4 Å². The lowest BCUT2D eigenvalue weighted by atomic mass is 10.1. The zero-order valence-electron chi connectivity index (χ0n) is 16.1. The van der Waals surface area contributed by atoms with Gasteiger partial charge in [0.2, 0.25) is 5.91 Å². The van der Waals surface area contributed by atoms with Crippen molar-refractivity contribution in [3.05, 3.63) is 84.7 Å². The Hall–Kier alpha value is -4.46. The molecule has 0 saturated heterocycles. The third-order valence-electron chi connectivity index (χ3n) is 4.90. The summed E-state index contributed by atoms with van der Waals surface area (Å²) in [5.41, 5.74) is 10.4. The molecule has 0 aliphatic rings. The molecular weight excluding hydrogens is 395 g/mol. The van der Waals surface area contributed by atoms with Gasteiger partial charge >= 0.3 is 0 Å². The summed E-state index contributed by atoms with van der Waals surface area (Å²) in [7, 11) is 0. The number of aromatic nitrogens is 5. The molecule has 7 nitrogen and oxygen atoms in total. The van der Waals surface area contributed by atoms with Crippen molar-refractivity contribution in [1.82, 2.24) is 24.9 Å². The number of aromatic amines is 1. The van der Waals surface area contributed by atoms with Crippen LogP contribution in [-0.2, 0) is 0 Å². The first-order valence-corrected chi connectivity index (χ1v) is 9.41. The quantitative estimate of drug-likeness (QED) is 0.465. The van der Waals surface area contributed by atoms with Crippen molar-refractivity contribution < 1.29 is 9.18 Å². The fraction of sp³-hybridized carbons (Fsp3) is 0. The van der Waals surface area contributed by atoms with Crippen molar-refractivity contribution in [3.63, 3.8) is 0 Å². The molecule has 8 heteroatoms. The molecule has 31 heavy (non-hydrogen) atoms. The number of amides is 1. The first-order valence-electron chi connectivity index (χ1n) is 9.41. The SMILES string of the molecule is NC(=O)c1ccc(-c2cc3nc(-c4ccncc4F)c(-c4cccnc4)nc3[nH]2)cc1. The van der Waals surface area contributed by atoms with E-state index in [0.717, 1.165) is 17.5 Å². The Morgan fingerprint density at radius 2 is 1.71 bits per heavy atom. The van der Waals surface area contributed by atoms with Crippen LogP contribution in [0.4, 0.5) is 4.39 Å². The minimum Gasteiger partial charge on any atom is -0.366 e. The maximum Gasteiger partial charge on any atom is 0.248 e. The first-order chi connectivity index (χ1) is 15.1. The number of halogens is 1. The van der Waals surface area contributed by atoms with Gasteiger partial charge in [-0.15, -0.1) is 0 Å². The molecule has 5 aromatic rings. The largest absolute Gasteiger partial charge is 0.366 e. The number of nitrogens with two attached hydrogens (primary N) is 1. The molecule has 0 atom stereocenters. The van der Waals surface area contributed by atoms with Crippen LogP contribution in [-0.4, -0.2) is 30.8 Å². The van der Waals surface area contributed by atoms with Gasteiger partial charge in [0.05, 0.1) is 6.20 Å². The highest BCUT2D eigenvalue weighted by Gasteiger charge is 2.18. The highest BCUT2D eigenvalue weighted by atomic mass is 19.1. The Morgan fingerprint density at radius 3 is 2.42 bits per heavy atom. The van der Waals surface area contributed by atoms with Crippen LogP contribution in [0.15, 0.2) is 73.3 Å². The average molecular weight is 410 g/mol. The molecule has 0 saturated carbocycles. The minimum absolute atomic E-state index is 0.303. The fourth-order valence-electron chi connectivity index (χ4n) is 3.37. The van der Waals surface area contributed by atoms with Gasteiger partial charge in [0.1, 0.15) is 16.9 Å². The van der Waals surface area contributed by atoms with Crippen LogP contribution in [0.2, 0.25) is 0 Å².